The molecule has 0 aliphatic carbocycles. The van der Waals surface area contributed by atoms with Gasteiger partial charge in [-0.2, -0.15) is 5.10 Å². The second-order valence-corrected chi connectivity index (χ2v) is 5.20. The lowest BCUT2D eigenvalue weighted by Gasteiger charge is -2.13. The van der Waals surface area contributed by atoms with Gasteiger partial charge in [0.2, 0.25) is 0 Å². The van der Waals surface area contributed by atoms with Crippen LogP contribution in [0.3, 0.4) is 0 Å². The number of hydrogen-bond acceptors (Lipinski definition) is 4. The molecule has 128 valence electrons. The van der Waals surface area contributed by atoms with Crippen LogP contribution in [0.25, 0.3) is 0 Å². The van der Waals surface area contributed by atoms with Gasteiger partial charge in [-0.05, 0) is 18.6 Å². The van der Waals surface area contributed by atoms with Crippen LogP contribution in [0.1, 0.15) is 34.5 Å². The van der Waals surface area contributed by atoms with Crippen molar-refractivity contribution in [3.05, 3.63) is 71.3 Å². The van der Waals surface area contributed by atoms with Crippen LogP contribution >= 0.6 is 0 Å². The Morgan fingerprint density at radius 1 is 1.00 bits per heavy atom. The Kier molecular flexibility index (Phi) is 6.00. The summed E-state index contributed by atoms with van der Waals surface area (Å²) in [5, 5.41) is 15.2. The molecule has 0 bridgehead atoms. The first-order chi connectivity index (χ1) is 12.0. The fraction of sp³-hybridized carbons (Fsp3) is 0.111. The second-order valence-electron chi connectivity index (χ2n) is 5.20. The second kappa shape index (κ2) is 8.39. The van der Waals surface area contributed by atoms with Crippen molar-refractivity contribution in [2.45, 2.75) is 13.0 Å². The van der Waals surface area contributed by atoms with Crippen molar-refractivity contribution in [3.63, 3.8) is 0 Å². The average Bonchev–Trinajstić information content (AvgIpc) is 2.62. The summed E-state index contributed by atoms with van der Waals surface area (Å²) in [6.07, 6.45) is 1.18. The first kappa shape index (κ1) is 17.9. The average molecular weight is 339 g/mol. The summed E-state index contributed by atoms with van der Waals surface area (Å²) in [7, 11) is 0. The third-order valence-electron chi connectivity index (χ3n) is 3.41. The lowest BCUT2D eigenvalue weighted by atomic mass is 10.1. The summed E-state index contributed by atoms with van der Waals surface area (Å²) in [6.45, 7) is 1.76. The van der Waals surface area contributed by atoms with E-state index in [2.05, 4.69) is 15.8 Å². The molecule has 25 heavy (non-hydrogen) atoms. The van der Waals surface area contributed by atoms with Gasteiger partial charge in [-0.1, -0.05) is 48.5 Å². The monoisotopic (exact) mass is 339 g/mol. The van der Waals surface area contributed by atoms with Crippen LogP contribution in [-0.4, -0.2) is 29.1 Å². The fourth-order valence-electron chi connectivity index (χ4n) is 2.10. The molecule has 0 aliphatic heterocycles. The SMILES string of the molecule is C[C@H](NC(=O)C(=O)N/N=C\c1ccccc1C(=O)O)c1ccccc1. The molecule has 2 aromatic carbocycles. The van der Waals surface area contributed by atoms with Crippen LogP contribution in [0.2, 0.25) is 0 Å². The number of carboxylic acid groups (broad SMARTS) is 1. The number of carboxylic acids is 1. The number of rotatable bonds is 5. The Morgan fingerprint density at radius 3 is 2.32 bits per heavy atom. The van der Waals surface area contributed by atoms with Gasteiger partial charge in [0, 0.05) is 5.56 Å². The summed E-state index contributed by atoms with van der Waals surface area (Å²) >= 11 is 0. The molecule has 0 radical (unpaired) electrons. The molecule has 0 fully saturated rings. The first-order valence-corrected chi connectivity index (χ1v) is 7.50. The van der Waals surface area contributed by atoms with E-state index >= 15 is 0 Å². The van der Waals surface area contributed by atoms with Gasteiger partial charge in [0.1, 0.15) is 0 Å². The summed E-state index contributed by atoms with van der Waals surface area (Å²) < 4.78 is 0. The highest BCUT2D eigenvalue weighted by Gasteiger charge is 2.16. The van der Waals surface area contributed by atoms with E-state index < -0.39 is 17.8 Å². The Balaban J connectivity index is 1.94. The van der Waals surface area contributed by atoms with E-state index in [1.807, 2.05) is 30.3 Å². The van der Waals surface area contributed by atoms with E-state index in [4.69, 9.17) is 5.11 Å². The number of carbonyl (C=O) groups is 3. The Hall–Kier alpha value is -3.48. The Bertz CT molecular complexity index is 803. The molecule has 0 aliphatic rings. The van der Waals surface area contributed by atoms with Crippen LogP contribution in [0, 0.1) is 0 Å². The van der Waals surface area contributed by atoms with E-state index in [0.717, 1.165) is 5.56 Å². The van der Waals surface area contributed by atoms with Gasteiger partial charge in [0.15, 0.2) is 0 Å². The third-order valence-corrected chi connectivity index (χ3v) is 3.41. The minimum Gasteiger partial charge on any atom is -0.478 e. The molecule has 7 nitrogen and oxygen atoms in total. The molecule has 0 spiro atoms. The molecule has 1 atom stereocenters. The van der Waals surface area contributed by atoms with Crippen molar-refractivity contribution >= 4 is 24.0 Å². The molecule has 0 saturated carbocycles. The topological polar surface area (TPSA) is 108 Å². The van der Waals surface area contributed by atoms with E-state index in [0.29, 0.717) is 5.56 Å². The van der Waals surface area contributed by atoms with Crippen molar-refractivity contribution in [2.75, 3.05) is 0 Å². The van der Waals surface area contributed by atoms with Crippen molar-refractivity contribution < 1.29 is 19.5 Å². The number of hydrazone groups is 1. The minimum absolute atomic E-state index is 0.0441. The van der Waals surface area contributed by atoms with Crippen molar-refractivity contribution in [1.29, 1.82) is 0 Å². The normalized spacial score (nSPS) is 11.7. The van der Waals surface area contributed by atoms with Crippen molar-refractivity contribution in [1.82, 2.24) is 10.7 Å². The number of benzene rings is 2. The van der Waals surface area contributed by atoms with Gasteiger partial charge >= 0.3 is 17.8 Å². The molecule has 0 saturated heterocycles. The van der Waals surface area contributed by atoms with Crippen LogP contribution < -0.4 is 10.7 Å². The quantitative estimate of drug-likeness (QED) is 0.438. The standard InChI is InChI=1S/C18H17N3O4/c1-12(13-7-3-2-4-8-13)20-16(22)17(23)21-19-11-14-9-5-6-10-15(14)18(24)25/h2-12H,1H3,(H,20,22)(H,21,23)(H,24,25)/b19-11-/t12-/m0/s1. The van der Waals surface area contributed by atoms with Crippen LogP contribution in [0.4, 0.5) is 0 Å². The molecule has 3 N–H and O–H groups in total. The number of aromatic carboxylic acids is 1. The molecular weight excluding hydrogens is 322 g/mol. The van der Waals surface area contributed by atoms with Crippen molar-refractivity contribution in [3.8, 4) is 0 Å². The zero-order chi connectivity index (χ0) is 18.2. The van der Waals surface area contributed by atoms with Gasteiger partial charge in [-0.3, -0.25) is 9.59 Å². The molecule has 0 aromatic heterocycles. The predicted octanol–water partition coefficient (Wildman–Crippen LogP) is 1.71. The van der Waals surface area contributed by atoms with Crippen molar-refractivity contribution in [2.24, 2.45) is 5.10 Å². The largest absolute Gasteiger partial charge is 0.478 e. The molecule has 0 unspecified atom stereocenters. The zero-order valence-electron chi connectivity index (χ0n) is 13.5. The zero-order valence-corrected chi connectivity index (χ0v) is 13.5. The van der Waals surface area contributed by atoms with E-state index in [1.54, 1.807) is 19.1 Å². The minimum atomic E-state index is -1.11. The maximum Gasteiger partial charge on any atom is 0.336 e. The van der Waals surface area contributed by atoms with Gasteiger partial charge in [0.25, 0.3) is 0 Å². The van der Waals surface area contributed by atoms with Crippen LogP contribution in [0.15, 0.2) is 59.7 Å². The highest BCUT2D eigenvalue weighted by Crippen LogP contribution is 2.10. The number of amides is 2. The maximum absolute atomic E-state index is 11.9. The Morgan fingerprint density at radius 2 is 1.64 bits per heavy atom. The van der Waals surface area contributed by atoms with E-state index in [9.17, 15) is 14.4 Å². The molecule has 2 rings (SSSR count). The van der Waals surface area contributed by atoms with Gasteiger partial charge in [-0.15, -0.1) is 0 Å². The lowest BCUT2D eigenvalue weighted by Crippen LogP contribution is -2.39. The van der Waals surface area contributed by atoms with Crippen LogP contribution in [0.5, 0.6) is 0 Å². The van der Waals surface area contributed by atoms with Gasteiger partial charge < -0.3 is 10.4 Å². The lowest BCUT2D eigenvalue weighted by molar-refractivity contribution is -0.139. The number of carbonyl (C=O) groups excluding carboxylic acids is 2. The third kappa shape index (κ3) is 5.00. The fourth-order valence-corrected chi connectivity index (χ4v) is 2.10. The highest BCUT2D eigenvalue weighted by atomic mass is 16.4. The van der Waals surface area contributed by atoms with Crippen LogP contribution in [-0.2, 0) is 9.59 Å². The van der Waals surface area contributed by atoms with E-state index in [-0.39, 0.29) is 11.6 Å². The summed E-state index contributed by atoms with van der Waals surface area (Å²) in [5.41, 5.74) is 3.30. The van der Waals surface area contributed by atoms with Gasteiger partial charge in [-0.25, -0.2) is 10.2 Å². The molecule has 7 heteroatoms. The Labute approximate surface area is 144 Å². The number of hydrogen-bond donors (Lipinski definition) is 3. The van der Waals surface area contributed by atoms with E-state index in [1.165, 1.54) is 18.3 Å². The number of nitrogens with one attached hydrogen (secondary N) is 2. The smallest absolute Gasteiger partial charge is 0.336 e. The summed E-state index contributed by atoms with van der Waals surface area (Å²) in [6, 6.07) is 15.0. The summed E-state index contributed by atoms with van der Waals surface area (Å²) in [4.78, 5) is 34.7. The number of nitrogens with zero attached hydrogens (tertiary/aromatic N) is 1. The maximum atomic E-state index is 11.9. The summed E-state index contributed by atoms with van der Waals surface area (Å²) in [5.74, 6) is -2.88. The predicted molar refractivity (Wildman–Crippen MR) is 92.1 cm³/mol. The first-order valence-electron chi connectivity index (χ1n) is 7.50. The molecule has 0 heterocycles. The highest BCUT2D eigenvalue weighted by molar-refractivity contribution is 6.35. The molecular formula is C18H17N3O4. The molecule has 2 aromatic rings. The van der Waals surface area contributed by atoms with Gasteiger partial charge in [0.05, 0.1) is 17.8 Å². The molecule has 2 amide bonds.